The number of anilines is 1. The predicted molar refractivity (Wildman–Crippen MR) is 137 cm³/mol. The number of carboxylic acids is 1. The Kier molecular flexibility index (Phi) is 5.62. The molecule has 3 aromatic heterocycles. The van der Waals surface area contributed by atoms with Gasteiger partial charge in [0.15, 0.2) is 5.65 Å². The normalized spacial score (nSPS) is 12.4. The zero-order chi connectivity index (χ0) is 25.7. The summed E-state index contributed by atoms with van der Waals surface area (Å²) < 4.78 is 18.6. The van der Waals surface area contributed by atoms with Gasteiger partial charge in [0.1, 0.15) is 11.6 Å². The van der Waals surface area contributed by atoms with Crippen LogP contribution in [0.5, 0.6) is 0 Å². The van der Waals surface area contributed by atoms with Gasteiger partial charge in [0.2, 0.25) is 0 Å². The van der Waals surface area contributed by atoms with Crippen LogP contribution >= 0.6 is 0 Å². The van der Waals surface area contributed by atoms with E-state index in [1.54, 1.807) is 16.7 Å². The fourth-order valence-electron chi connectivity index (χ4n) is 5.11. The lowest BCUT2D eigenvalue weighted by atomic mass is 10.0. The first-order chi connectivity index (χ1) is 17.1. The molecule has 184 valence electrons. The van der Waals surface area contributed by atoms with Crippen molar-refractivity contribution in [3.63, 3.8) is 0 Å². The molecule has 3 N–H and O–H groups in total. The van der Waals surface area contributed by atoms with Crippen LogP contribution in [0, 0.1) is 19.7 Å². The number of nitrogen functional groups attached to an aromatic ring is 1. The van der Waals surface area contributed by atoms with Gasteiger partial charge in [0.25, 0.3) is 0 Å². The molecule has 0 bridgehead atoms. The predicted octanol–water partition coefficient (Wildman–Crippen LogP) is 4.14. The largest absolute Gasteiger partial charge is 0.481 e. The summed E-state index contributed by atoms with van der Waals surface area (Å²) in [5, 5.41) is 10.7. The second kappa shape index (κ2) is 8.67. The first kappa shape index (κ1) is 23.3. The lowest BCUT2D eigenvalue weighted by molar-refractivity contribution is -0.137. The third-order valence-corrected chi connectivity index (χ3v) is 6.60. The minimum Gasteiger partial charge on any atom is -0.481 e. The van der Waals surface area contributed by atoms with Crippen molar-refractivity contribution < 1.29 is 14.3 Å². The highest BCUT2D eigenvalue weighted by atomic mass is 19.1. The van der Waals surface area contributed by atoms with Crippen molar-refractivity contribution in [1.82, 2.24) is 18.7 Å². The highest BCUT2D eigenvalue weighted by Gasteiger charge is 2.26. The quantitative estimate of drug-likeness (QED) is 0.374. The van der Waals surface area contributed by atoms with Gasteiger partial charge in [-0.05, 0) is 66.4 Å². The summed E-state index contributed by atoms with van der Waals surface area (Å²) in [7, 11) is 1.97. The first-order valence-corrected chi connectivity index (χ1v) is 11.5. The molecule has 2 aromatic carbocycles. The summed E-state index contributed by atoms with van der Waals surface area (Å²) in [6.45, 7) is 4.36. The van der Waals surface area contributed by atoms with Gasteiger partial charge < -0.3 is 15.4 Å². The molecule has 5 aromatic rings. The Morgan fingerprint density at radius 3 is 2.53 bits per heavy atom. The molecule has 8 nitrogen and oxygen atoms in total. The van der Waals surface area contributed by atoms with Crippen molar-refractivity contribution >= 4 is 33.9 Å². The Morgan fingerprint density at radius 1 is 1.11 bits per heavy atom. The van der Waals surface area contributed by atoms with E-state index >= 15 is 0 Å². The van der Waals surface area contributed by atoms with Gasteiger partial charge in [-0.3, -0.25) is 13.9 Å². The average Bonchev–Trinajstić information content (AvgIpc) is 3.26. The second-order valence-corrected chi connectivity index (χ2v) is 9.22. The summed E-state index contributed by atoms with van der Waals surface area (Å²) in [6, 6.07) is 12.1. The van der Waals surface area contributed by atoms with Gasteiger partial charge >= 0.3 is 11.7 Å². The van der Waals surface area contributed by atoms with Crippen LogP contribution in [0.4, 0.5) is 10.2 Å². The molecule has 0 fully saturated rings. The molecule has 0 saturated heterocycles. The van der Waals surface area contributed by atoms with Crippen LogP contribution < -0.4 is 11.4 Å². The Morgan fingerprint density at radius 2 is 1.83 bits per heavy atom. The molecule has 9 heteroatoms. The van der Waals surface area contributed by atoms with Gasteiger partial charge in [-0.25, -0.2) is 14.2 Å². The van der Waals surface area contributed by atoms with Gasteiger partial charge in [0, 0.05) is 24.1 Å². The summed E-state index contributed by atoms with van der Waals surface area (Å²) in [6.07, 6.45) is 1.62. The molecular weight excluding hydrogens is 461 g/mol. The number of imidazole rings is 1. The number of nitrogens with two attached hydrogens (primary N) is 1. The topological polar surface area (TPSA) is 108 Å². The van der Waals surface area contributed by atoms with Crippen LogP contribution in [0.1, 0.15) is 34.7 Å². The number of carboxylic acid groups (broad SMARTS) is 1. The Balaban J connectivity index is 1.74. The Bertz CT molecular complexity index is 1700. The third-order valence-electron chi connectivity index (χ3n) is 6.60. The van der Waals surface area contributed by atoms with Crippen LogP contribution in [0.15, 0.2) is 59.5 Å². The van der Waals surface area contributed by atoms with E-state index in [9.17, 15) is 19.1 Å². The number of fused-ring (bicyclic) bond motifs is 2. The highest BCUT2D eigenvalue weighted by molar-refractivity contribution is 5.88. The van der Waals surface area contributed by atoms with E-state index in [-0.39, 0.29) is 24.4 Å². The van der Waals surface area contributed by atoms with Crippen LogP contribution in [0.3, 0.4) is 0 Å². The van der Waals surface area contributed by atoms with E-state index in [1.165, 1.54) is 28.8 Å². The lowest BCUT2D eigenvalue weighted by Gasteiger charge is -2.17. The molecular formula is C27H26FN5O3. The van der Waals surface area contributed by atoms with Crippen molar-refractivity contribution in [2.24, 2.45) is 7.05 Å². The van der Waals surface area contributed by atoms with Crippen LogP contribution in [-0.2, 0) is 18.4 Å². The van der Waals surface area contributed by atoms with E-state index in [0.717, 1.165) is 27.6 Å². The third kappa shape index (κ3) is 3.92. The van der Waals surface area contributed by atoms with Crippen molar-refractivity contribution in [2.75, 3.05) is 5.73 Å². The molecule has 0 aliphatic heterocycles. The van der Waals surface area contributed by atoms with Crippen molar-refractivity contribution in [3.8, 4) is 0 Å². The Labute approximate surface area is 206 Å². The maximum absolute atomic E-state index is 13.9. The summed E-state index contributed by atoms with van der Waals surface area (Å²) >= 11 is 0. The molecule has 0 spiro atoms. The minimum atomic E-state index is -1.10. The van der Waals surface area contributed by atoms with Crippen molar-refractivity contribution in [1.29, 1.82) is 0 Å². The molecule has 5 rings (SSSR count). The number of hydrogen-bond acceptors (Lipinski definition) is 4. The van der Waals surface area contributed by atoms with Gasteiger partial charge in [0.05, 0.1) is 24.5 Å². The zero-order valence-electron chi connectivity index (χ0n) is 20.2. The number of aliphatic carboxylic acids is 1. The fraction of sp³-hybridized carbons (Fsp3) is 0.222. The number of halogens is 1. The number of aromatic nitrogens is 4. The van der Waals surface area contributed by atoms with E-state index < -0.39 is 23.5 Å². The Hall–Kier alpha value is -4.40. The van der Waals surface area contributed by atoms with Gasteiger partial charge in [-0.1, -0.05) is 18.2 Å². The number of hydrogen-bond donors (Lipinski definition) is 2. The van der Waals surface area contributed by atoms with Crippen LogP contribution in [0.25, 0.3) is 22.1 Å². The second-order valence-electron chi connectivity index (χ2n) is 9.22. The molecule has 1 atom stereocenters. The molecule has 0 radical (unpaired) electrons. The van der Waals surface area contributed by atoms with E-state index in [1.807, 2.05) is 31.7 Å². The van der Waals surface area contributed by atoms with Crippen molar-refractivity contribution in [3.05, 3.63) is 93.3 Å². The monoisotopic (exact) mass is 487 g/mol. The van der Waals surface area contributed by atoms with Crippen molar-refractivity contribution in [2.45, 2.75) is 32.9 Å². The number of carbonyl (C=O) groups is 1. The van der Waals surface area contributed by atoms with Gasteiger partial charge in [-0.15, -0.1) is 0 Å². The van der Waals surface area contributed by atoms with Crippen LogP contribution in [0.2, 0.25) is 0 Å². The number of aryl methyl sites for hydroxylation is 3. The number of benzene rings is 2. The molecule has 3 heterocycles. The average molecular weight is 488 g/mol. The number of nitrogens with zero attached hydrogens (tertiary/aromatic N) is 4. The smallest absolute Gasteiger partial charge is 0.331 e. The standard InChI is InChI=1S/C27H26FN5O3/c1-15-10-16(2)25-18(13-31(3)22(25)11-15)14-32-20-8-9-23(29)30-26(20)33(27(32)36)21(12-24(34)35)17-4-6-19(28)7-5-17/h4-11,13,21H,12,14H2,1-3H3,(H2,29,30)(H,34,35). The maximum atomic E-state index is 13.9. The molecule has 36 heavy (non-hydrogen) atoms. The minimum absolute atomic E-state index is 0.207. The van der Waals surface area contributed by atoms with E-state index in [4.69, 9.17) is 5.73 Å². The fourth-order valence-corrected chi connectivity index (χ4v) is 5.11. The van der Waals surface area contributed by atoms with E-state index in [0.29, 0.717) is 11.1 Å². The highest BCUT2D eigenvalue weighted by Crippen LogP contribution is 2.29. The zero-order valence-corrected chi connectivity index (χ0v) is 20.2. The molecule has 1 unspecified atom stereocenters. The van der Waals surface area contributed by atoms with Gasteiger partial charge in [-0.2, -0.15) is 0 Å². The lowest BCUT2D eigenvalue weighted by Crippen LogP contribution is -2.30. The number of pyridine rings is 1. The number of rotatable bonds is 6. The molecule has 0 aliphatic rings. The van der Waals surface area contributed by atoms with Crippen LogP contribution in [-0.4, -0.2) is 29.8 Å². The molecule has 0 saturated carbocycles. The summed E-state index contributed by atoms with van der Waals surface area (Å²) in [5.74, 6) is -1.34. The summed E-state index contributed by atoms with van der Waals surface area (Å²) in [5.41, 5.74) is 11.1. The molecule has 0 aliphatic carbocycles. The maximum Gasteiger partial charge on any atom is 0.331 e. The SMILES string of the molecule is Cc1cc(C)c2c(Cn3c(=O)n(C(CC(=O)O)c4ccc(F)cc4)c4nc(N)ccc43)cn(C)c2c1. The molecule has 0 amide bonds. The summed E-state index contributed by atoms with van der Waals surface area (Å²) in [4.78, 5) is 30.1. The first-order valence-electron chi connectivity index (χ1n) is 11.5. The van der Waals surface area contributed by atoms with E-state index in [2.05, 4.69) is 17.1 Å².